The van der Waals surface area contributed by atoms with Crippen molar-refractivity contribution in [2.24, 2.45) is 10.7 Å². The molecule has 1 aliphatic carbocycles. The summed E-state index contributed by atoms with van der Waals surface area (Å²) in [6, 6.07) is 12.8. The number of benzene rings is 2. The third-order valence-corrected chi connectivity index (χ3v) is 4.56. The molecule has 0 unspecified atom stereocenters. The van der Waals surface area contributed by atoms with Gasteiger partial charge in [-0.1, -0.05) is 18.2 Å². The van der Waals surface area contributed by atoms with Gasteiger partial charge in [0.2, 0.25) is 0 Å². The van der Waals surface area contributed by atoms with Gasteiger partial charge in [0.25, 0.3) is 0 Å². The number of guanidine groups is 1. The average Bonchev–Trinajstić information content (AvgIpc) is 3.22. The first kappa shape index (κ1) is 14.8. The van der Waals surface area contributed by atoms with Crippen LogP contribution in [0.1, 0.15) is 23.1 Å². The number of nitrogens with zero attached hydrogens (tertiary/aromatic N) is 2. The summed E-state index contributed by atoms with van der Waals surface area (Å²) in [4.78, 5) is 4.43. The minimum absolute atomic E-state index is 0.468. The molecule has 1 aliphatic rings. The normalized spacial score (nSPS) is 14.1. The molecule has 2 aromatic carbocycles. The molecule has 0 saturated carbocycles. The molecule has 4 N–H and O–H groups in total. The number of aliphatic imine (C=N–C) groups is 1. The molecule has 0 saturated heterocycles. The van der Waals surface area contributed by atoms with Crippen molar-refractivity contribution in [1.29, 1.82) is 0 Å². The van der Waals surface area contributed by atoms with Gasteiger partial charge in [-0.2, -0.15) is 5.10 Å². The van der Waals surface area contributed by atoms with Gasteiger partial charge in [-0.25, -0.2) is 0 Å². The molecule has 1 heterocycles. The molecule has 0 spiro atoms. The summed E-state index contributed by atoms with van der Waals surface area (Å²) < 4.78 is 0. The van der Waals surface area contributed by atoms with Crippen molar-refractivity contribution >= 4 is 22.5 Å². The Bertz CT molecular complexity index is 894. The van der Waals surface area contributed by atoms with Crippen LogP contribution in [0.15, 0.2) is 47.6 Å². The predicted molar refractivity (Wildman–Crippen MR) is 98.4 cm³/mol. The number of hydrogen-bond acceptors (Lipinski definition) is 2. The largest absolute Gasteiger partial charge is 0.370 e. The van der Waals surface area contributed by atoms with Gasteiger partial charge < -0.3 is 11.1 Å². The van der Waals surface area contributed by atoms with Crippen LogP contribution in [-0.2, 0) is 19.3 Å². The van der Waals surface area contributed by atoms with Crippen LogP contribution in [0.25, 0.3) is 10.9 Å². The third-order valence-electron chi connectivity index (χ3n) is 4.56. The molecule has 0 bridgehead atoms. The number of rotatable bonds is 4. The van der Waals surface area contributed by atoms with Crippen LogP contribution in [0, 0.1) is 0 Å². The molecule has 0 amide bonds. The number of fused-ring (bicyclic) bond motifs is 2. The van der Waals surface area contributed by atoms with Gasteiger partial charge in [-0.05, 0) is 60.6 Å². The molecule has 4 rings (SSSR count). The quantitative estimate of drug-likeness (QED) is 0.511. The van der Waals surface area contributed by atoms with Gasteiger partial charge in [0, 0.05) is 17.6 Å². The second-order valence-corrected chi connectivity index (χ2v) is 6.27. The maximum atomic E-state index is 6.01. The molecule has 0 fully saturated rings. The van der Waals surface area contributed by atoms with Crippen LogP contribution in [-0.4, -0.2) is 22.7 Å². The fourth-order valence-corrected chi connectivity index (χ4v) is 3.28. The average molecular weight is 319 g/mol. The molecular weight excluding hydrogens is 298 g/mol. The monoisotopic (exact) mass is 319 g/mol. The predicted octanol–water partition coefficient (Wildman–Crippen LogP) is 3.02. The van der Waals surface area contributed by atoms with Crippen molar-refractivity contribution in [2.45, 2.75) is 25.7 Å². The third kappa shape index (κ3) is 3.11. The lowest BCUT2D eigenvalue weighted by Gasteiger charge is -2.08. The van der Waals surface area contributed by atoms with E-state index in [0.717, 1.165) is 29.4 Å². The molecule has 0 aliphatic heterocycles. The number of nitrogens with two attached hydrogens (primary N) is 1. The zero-order chi connectivity index (χ0) is 16.4. The molecule has 5 nitrogen and oxygen atoms in total. The number of nitrogens with one attached hydrogen (secondary N) is 2. The first-order valence-electron chi connectivity index (χ1n) is 8.39. The Morgan fingerprint density at radius 3 is 3.04 bits per heavy atom. The topological polar surface area (TPSA) is 79.1 Å². The van der Waals surface area contributed by atoms with Gasteiger partial charge >= 0.3 is 0 Å². The number of aromatic nitrogens is 2. The Hall–Kier alpha value is -2.82. The molecule has 122 valence electrons. The maximum Gasteiger partial charge on any atom is 0.193 e. The summed E-state index contributed by atoms with van der Waals surface area (Å²) in [6.45, 7) is 0.656. The van der Waals surface area contributed by atoms with Crippen LogP contribution < -0.4 is 11.1 Å². The standard InChI is InChI=1S/C19H21N5/c20-19(23-17-7-6-14-2-1-3-15(14)11-17)21-9-8-13-4-5-16-12-22-24-18(16)10-13/h4-7,10-12H,1-3,8-9H2,(H,22,24)(H3,20,21,23). The van der Waals surface area contributed by atoms with E-state index in [4.69, 9.17) is 5.73 Å². The molecular formula is C19H21N5. The maximum absolute atomic E-state index is 6.01. The highest BCUT2D eigenvalue weighted by Gasteiger charge is 2.10. The summed E-state index contributed by atoms with van der Waals surface area (Å²) in [7, 11) is 0. The molecule has 5 heteroatoms. The zero-order valence-electron chi connectivity index (χ0n) is 13.5. The summed E-state index contributed by atoms with van der Waals surface area (Å²) in [5, 5.41) is 11.3. The Morgan fingerprint density at radius 2 is 2.08 bits per heavy atom. The summed E-state index contributed by atoms with van der Waals surface area (Å²) >= 11 is 0. The molecule has 3 aromatic rings. The Kier molecular flexibility index (Phi) is 3.91. The summed E-state index contributed by atoms with van der Waals surface area (Å²) in [5.41, 5.74) is 12.2. The highest BCUT2D eigenvalue weighted by atomic mass is 15.1. The minimum Gasteiger partial charge on any atom is -0.370 e. The van der Waals surface area contributed by atoms with Gasteiger partial charge in [0.1, 0.15) is 0 Å². The van der Waals surface area contributed by atoms with E-state index in [1.54, 1.807) is 0 Å². The van der Waals surface area contributed by atoms with Crippen LogP contribution in [0.3, 0.4) is 0 Å². The van der Waals surface area contributed by atoms with Crippen molar-refractivity contribution in [2.75, 3.05) is 11.9 Å². The van der Waals surface area contributed by atoms with Crippen molar-refractivity contribution in [3.05, 3.63) is 59.3 Å². The van der Waals surface area contributed by atoms with Crippen molar-refractivity contribution in [3.8, 4) is 0 Å². The van der Waals surface area contributed by atoms with E-state index in [1.807, 2.05) is 6.20 Å². The molecule has 0 atom stereocenters. The number of aromatic amines is 1. The van der Waals surface area contributed by atoms with Gasteiger partial charge in [-0.15, -0.1) is 0 Å². The first-order valence-corrected chi connectivity index (χ1v) is 8.39. The van der Waals surface area contributed by atoms with Crippen molar-refractivity contribution in [1.82, 2.24) is 10.2 Å². The zero-order valence-corrected chi connectivity index (χ0v) is 13.5. The fraction of sp³-hybridized carbons (Fsp3) is 0.263. The van der Waals surface area contributed by atoms with Gasteiger partial charge in [0.15, 0.2) is 5.96 Å². The Balaban J connectivity index is 1.36. The van der Waals surface area contributed by atoms with Gasteiger partial charge in [0.05, 0.1) is 11.7 Å². The van der Waals surface area contributed by atoms with E-state index < -0.39 is 0 Å². The lowest BCUT2D eigenvalue weighted by molar-refractivity contribution is 0.912. The minimum atomic E-state index is 0.468. The lowest BCUT2D eigenvalue weighted by Crippen LogP contribution is -2.23. The van der Waals surface area contributed by atoms with Crippen molar-refractivity contribution < 1.29 is 0 Å². The Labute approximate surface area is 141 Å². The lowest BCUT2D eigenvalue weighted by atomic mass is 10.1. The molecule has 24 heavy (non-hydrogen) atoms. The van der Waals surface area contributed by atoms with Crippen LogP contribution in [0.4, 0.5) is 5.69 Å². The molecule has 0 radical (unpaired) electrons. The van der Waals surface area contributed by atoms with Crippen LogP contribution in [0.2, 0.25) is 0 Å². The number of hydrogen-bond donors (Lipinski definition) is 3. The number of H-pyrrole nitrogens is 1. The first-order chi connectivity index (χ1) is 11.8. The van der Waals surface area contributed by atoms with E-state index in [1.165, 1.54) is 29.5 Å². The smallest absolute Gasteiger partial charge is 0.193 e. The van der Waals surface area contributed by atoms with Gasteiger partial charge in [-0.3, -0.25) is 10.1 Å². The SMILES string of the molecule is NC(=NCCc1ccc2cn[nH]c2c1)Nc1ccc2c(c1)CCC2. The summed E-state index contributed by atoms with van der Waals surface area (Å²) in [6.07, 6.45) is 6.29. The van der Waals surface area contributed by atoms with E-state index in [9.17, 15) is 0 Å². The molecule has 1 aromatic heterocycles. The summed E-state index contributed by atoms with van der Waals surface area (Å²) in [5.74, 6) is 0.468. The van der Waals surface area contributed by atoms with E-state index >= 15 is 0 Å². The van der Waals surface area contributed by atoms with E-state index in [2.05, 4.69) is 56.9 Å². The number of anilines is 1. The Morgan fingerprint density at radius 1 is 1.17 bits per heavy atom. The fourth-order valence-electron chi connectivity index (χ4n) is 3.28. The highest BCUT2D eigenvalue weighted by Crippen LogP contribution is 2.24. The second kappa shape index (κ2) is 6.35. The van der Waals surface area contributed by atoms with Crippen LogP contribution >= 0.6 is 0 Å². The number of aryl methyl sites for hydroxylation is 2. The highest BCUT2D eigenvalue weighted by molar-refractivity contribution is 5.92. The van der Waals surface area contributed by atoms with E-state index in [-0.39, 0.29) is 0 Å². The van der Waals surface area contributed by atoms with E-state index in [0.29, 0.717) is 12.5 Å². The van der Waals surface area contributed by atoms with Crippen LogP contribution in [0.5, 0.6) is 0 Å². The van der Waals surface area contributed by atoms with Crippen molar-refractivity contribution in [3.63, 3.8) is 0 Å². The second-order valence-electron chi connectivity index (χ2n) is 6.27.